The van der Waals surface area contributed by atoms with E-state index < -0.39 is 10.8 Å². The number of non-ortho nitro benzene ring substituents is 1. The number of carbonyl (C=O) groups is 1. The monoisotopic (exact) mass is 595 g/mol. The smallest absolute Gasteiger partial charge is 0.276 e. The van der Waals surface area contributed by atoms with Crippen molar-refractivity contribution in [3.8, 4) is 22.9 Å². The van der Waals surface area contributed by atoms with Crippen LogP contribution in [0.5, 0.6) is 11.5 Å². The second-order valence-electron chi connectivity index (χ2n) is 8.25. The van der Waals surface area contributed by atoms with Crippen LogP contribution in [-0.4, -0.2) is 35.2 Å². The van der Waals surface area contributed by atoms with Crippen LogP contribution in [0.15, 0.2) is 65.4 Å². The van der Waals surface area contributed by atoms with Crippen LogP contribution < -0.4 is 10.1 Å². The quantitative estimate of drug-likeness (QED) is 0.173. The maximum absolute atomic E-state index is 13.1. The van der Waals surface area contributed by atoms with Crippen LogP contribution in [-0.2, 0) is 6.54 Å². The molecular formula is C25H19BrClN7O4. The van der Waals surface area contributed by atoms with E-state index in [1.54, 1.807) is 42.1 Å². The van der Waals surface area contributed by atoms with E-state index in [1.807, 2.05) is 13.1 Å². The molecule has 0 saturated heterocycles. The zero-order chi connectivity index (χ0) is 27.0. The van der Waals surface area contributed by atoms with Crippen molar-refractivity contribution in [1.29, 1.82) is 0 Å². The molecule has 0 aliphatic heterocycles. The number of rotatable bonds is 7. The number of ether oxygens (including phenoxy) is 1. The first-order chi connectivity index (χ1) is 18.2. The highest BCUT2D eigenvalue weighted by Gasteiger charge is 2.19. The van der Waals surface area contributed by atoms with Gasteiger partial charge >= 0.3 is 0 Å². The van der Waals surface area contributed by atoms with Gasteiger partial charge in [-0.15, -0.1) is 0 Å². The van der Waals surface area contributed by atoms with Crippen LogP contribution in [0.4, 0.5) is 11.4 Å². The third-order valence-corrected chi connectivity index (χ3v) is 6.41. The number of aromatic nitrogens is 5. The van der Waals surface area contributed by atoms with E-state index in [9.17, 15) is 14.9 Å². The van der Waals surface area contributed by atoms with Crippen LogP contribution in [0.2, 0.25) is 5.02 Å². The summed E-state index contributed by atoms with van der Waals surface area (Å²) in [5.74, 6) is 0.0757. The lowest BCUT2D eigenvalue weighted by Crippen LogP contribution is -2.13. The topological polar surface area (TPSA) is 129 Å². The Balaban J connectivity index is 1.46. The molecule has 3 aromatic heterocycles. The van der Waals surface area contributed by atoms with Gasteiger partial charge in [-0.05, 0) is 59.6 Å². The van der Waals surface area contributed by atoms with E-state index >= 15 is 0 Å². The molecule has 0 atom stereocenters. The molecule has 11 nitrogen and oxygen atoms in total. The summed E-state index contributed by atoms with van der Waals surface area (Å²) in [6, 6.07) is 12.3. The Morgan fingerprint density at radius 3 is 2.71 bits per heavy atom. The van der Waals surface area contributed by atoms with E-state index in [0.717, 1.165) is 10.0 Å². The van der Waals surface area contributed by atoms with Gasteiger partial charge in [0, 0.05) is 42.2 Å². The summed E-state index contributed by atoms with van der Waals surface area (Å²) in [6.45, 7) is 4.47. The van der Waals surface area contributed by atoms with Crippen LogP contribution in [0.3, 0.4) is 0 Å². The van der Waals surface area contributed by atoms with Gasteiger partial charge in [0.15, 0.2) is 11.3 Å². The standard InChI is InChI=1S/C25H19BrClN7O4/c1-3-32-13-19(26)24(31-32)21-6-7-28-23-12-20(30-33(21)23)25(35)29-16-9-17(34(36)37)11-18(10-16)38-22-5-4-15(27)8-14(22)2/h4-13H,3H2,1-2H3,(H,29,35). The zero-order valence-electron chi connectivity index (χ0n) is 20.1. The SMILES string of the molecule is CCn1cc(Br)c(-c2ccnc3cc(C(=O)Nc4cc(Oc5ccc(Cl)cc5C)cc([N+](=O)[O-])c4)nn23)n1. The van der Waals surface area contributed by atoms with E-state index in [-0.39, 0.29) is 22.8 Å². The Kier molecular flexibility index (Phi) is 6.83. The van der Waals surface area contributed by atoms with Crippen molar-refractivity contribution in [2.45, 2.75) is 20.4 Å². The number of hydrogen-bond acceptors (Lipinski definition) is 7. The highest BCUT2D eigenvalue weighted by molar-refractivity contribution is 9.10. The number of hydrogen-bond donors (Lipinski definition) is 1. The summed E-state index contributed by atoms with van der Waals surface area (Å²) in [4.78, 5) is 28.4. The molecule has 1 amide bonds. The van der Waals surface area contributed by atoms with E-state index in [4.69, 9.17) is 16.3 Å². The van der Waals surface area contributed by atoms with E-state index in [1.165, 1.54) is 28.8 Å². The number of nitrogens with zero attached hydrogens (tertiary/aromatic N) is 6. The van der Waals surface area contributed by atoms with Gasteiger partial charge in [0.05, 0.1) is 26.8 Å². The third kappa shape index (κ3) is 5.08. The van der Waals surface area contributed by atoms with Gasteiger partial charge in [-0.1, -0.05) is 11.6 Å². The molecular weight excluding hydrogens is 578 g/mol. The maximum atomic E-state index is 13.1. The van der Waals surface area contributed by atoms with Crippen LogP contribution in [0.1, 0.15) is 23.0 Å². The maximum Gasteiger partial charge on any atom is 0.276 e. The van der Waals surface area contributed by atoms with Crippen molar-refractivity contribution >= 4 is 50.5 Å². The van der Waals surface area contributed by atoms with Gasteiger partial charge in [-0.25, -0.2) is 9.50 Å². The molecule has 1 N–H and O–H groups in total. The fourth-order valence-electron chi connectivity index (χ4n) is 3.79. The molecule has 0 spiro atoms. The molecule has 0 aliphatic carbocycles. The highest BCUT2D eigenvalue weighted by atomic mass is 79.9. The fraction of sp³-hybridized carbons (Fsp3) is 0.120. The van der Waals surface area contributed by atoms with Crippen molar-refractivity contribution in [1.82, 2.24) is 24.4 Å². The Bertz CT molecular complexity index is 1720. The summed E-state index contributed by atoms with van der Waals surface area (Å²) < 4.78 is 9.93. The number of amides is 1. The predicted octanol–water partition coefficient (Wildman–Crippen LogP) is 6.29. The Hall–Kier alpha value is -4.29. The highest BCUT2D eigenvalue weighted by Crippen LogP contribution is 2.32. The van der Waals surface area contributed by atoms with Gasteiger partial charge < -0.3 is 10.1 Å². The van der Waals surface area contributed by atoms with Crippen LogP contribution >= 0.6 is 27.5 Å². The average molecular weight is 597 g/mol. The van der Waals surface area contributed by atoms with Crippen molar-refractivity contribution in [3.63, 3.8) is 0 Å². The normalized spacial score (nSPS) is 11.1. The van der Waals surface area contributed by atoms with Crippen LogP contribution in [0.25, 0.3) is 17.0 Å². The molecule has 0 fully saturated rings. The molecule has 2 aromatic carbocycles. The molecule has 0 bridgehead atoms. The lowest BCUT2D eigenvalue weighted by atomic mass is 10.2. The first-order valence-electron chi connectivity index (χ1n) is 11.3. The number of fused-ring (bicyclic) bond motifs is 1. The summed E-state index contributed by atoms with van der Waals surface area (Å²) in [7, 11) is 0. The average Bonchev–Trinajstić information content (AvgIpc) is 3.49. The van der Waals surface area contributed by atoms with Gasteiger partial charge in [0.2, 0.25) is 0 Å². The summed E-state index contributed by atoms with van der Waals surface area (Å²) >= 11 is 9.52. The first-order valence-corrected chi connectivity index (χ1v) is 12.5. The Labute approximate surface area is 229 Å². The molecule has 0 unspecified atom stereocenters. The second kappa shape index (κ2) is 10.2. The minimum Gasteiger partial charge on any atom is -0.457 e. The molecule has 192 valence electrons. The van der Waals surface area contributed by atoms with Crippen molar-refractivity contribution in [2.75, 3.05) is 5.32 Å². The van der Waals surface area contributed by atoms with Crippen molar-refractivity contribution < 1.29 is 14.5 Å². The van der Waals surface area contributed by atoms with E-state index in [2.05, 4.69) is 36.4 Å². The molecule has 38 heavy (non-hydrogen) atoms. The summed E-state index contributed by atoms with van der Waals surface area (Å²) in [5, 5.41) is 23.7. The van der Waals surface area contributed by atoms with Gasteiger partial charge in [0.25, 0.3) is 11.6 Å². The minimum absolute atomic E-state index is 0.0681. The summed E-state index contributed by atoms with van der Waals surface area (Å²) in [6.07, 6.45) is 3.46. The number of nitro benzene ring substituents is 1. The number of nitrogens with one attached hydrogen (secondary N) is 1. The lowest BCUT2D eigenvalue weighted by molar-refractivity contribution is -0.384. The second-order valence-corrected chi connectivity index (χ2v) is 9.54. The van der Waals surface area contributed by atoms with E-state index in [0.29, 0.717) is 34.4 Å². The van der Waals surface area contributed by atoms with Gasteiger partial charge in [-0.2, -0.15) is 10.2 Å². The van der Waals surface area contributed by atoms with Crippen molar-refractivity contribution in [2.24, 2.45) is 0 Å². The Morgan fingerprint density at radius 2 is 2.00 bits per heavy atom. The number of aryl methyl sites for hydroxylation is 2. The zero-order valence-corrected chi connectivity index (χ0v) is 22.4. The number of benzene rings is 2. The van der Waals surface area contributed by atoms with Gasteiger partial charge in [-0.3, -0.25) is 19.6 Å². The number of nitro groups is 1. The Morgan fingerprint density at radius 1 is 1.18 bits per heavy atom. The molecule has 0 saturated carbocycles. The molecule has 5 rings (SSSR count). The molecule has 5 aromatic rings. The third-order valence-electron chi connectivity index (χ3n) is 5.60. The number of halogens is 2. The molecule has 0 aliphatic rings. The molecule has 3 heterocycles. The van der Waals surface area contributed by atoms with Crippen molar-refractivity contribution in [3.05, 3.63) is 91.8 Å². The number of carbonyl (C=O) groups excluding carboxylic acids is 1. The first kappa shape index (κ1) is 25.4. The largest absolute Gasteiger partial charge is 0.457 e. The fourth-order valence-corrected chi connectivity index (χ4v) is 4.53. The lowest BCUT2D eigenvalue weighted by Gasteiger charge is -2.11. The predicted molar refractivity (Wildman–Crippen MR) is 145 cm³/mol. The minimum atomic E-state index is -0.575. The van der Waals surface area contributed by atoms with Gasteiger partial charge in [0.1, 0.15) is 17.2 Å². The van der Waals surface area contributed by atoms with Crippen LogP contribution in [0, 0.1) is 17.0 Å². The molecule has 13 heteroatoms. The number of anilines is 1. The molecule has 0 radical (unpaired) electrons. The summed E-state index contributed by atoms with van der Waals surface area (Å²) in [5.41, 5.74) is 2.45.